The van der Waals surface area contributed by atoms with Crippen molar-refractivity contribution >= 4 is 16.6 Å². The first-order valence-electron chi connectivity index (χ1n) is 14.1. The highest BCUT2D eigenvalue weighted by molar-refractivity contribution is 5.93. The molecule has 200 valence electrons. The van der Waals surface area contributed by atoms with Crippen molar-refractivity contribution in [2.45, 2.75) is 46.1 Å². The fourth-order valence-electron chi connectivity index (χ4n) is 6.37. The quantitative estimate of drug-likeness (QED) is 0.429. The third-order valence-electron chi connectivity index (χ3n) is 8.29. The Labute approximate surface area is 222 Å². The molecule has 2 fully saturated rings. The van der Waals surface area contributed by atoms with Gasteiger partial charge >= 0.3 is 0 Å². The Morgan fingerprint density at radius 2 is 1.62 bits per heavy atom. The van der Waals surface area contributed by atoms with Gasteiger partial charge in [-0.3, -0.25) is 4.90 Å². The average Bonchev–Trinajstić information content (AvgIpc) is 3.30. The lowest BCUT2D eigenvalue weighted by Gasteiger charge is -2.43. The second kappa shape index (κ2) is 11.4. The molecule has 0 aliphatic carbocycles. The van der Waals surface area contributed by atoms with Crippen molar-refractivity contribution in [2.24, 2.45) is 5.92 Å². The van der Waals surface area contributed by atoms with Crippen LogP contribution < -0.4 is 14.4 Å². The highest BCUT2D eigenvalue weighted by Crippen LogP contribution is 2.37. The van der Waals surface area contributed by atoms with Crippen LogP contribution in [0.4, 0.5) is 5.69 Å². The van der Waals surface area contributed by atoms with E-state index in [9.17, 15) is 0 Å². The highest BCUT2D eigenvalue weighted by atomic mass is 16.5. The topological polar surface area (TPSA) is 44.0 Å². The van der Waals surface area contributed by atoms with Gasteiger partial charge < -0.3 is 24.3 Å². The van der Waals surface area contributed by atoms with Gasteiger partial charge in [-0.1, -0.05) is 20.8 Å². The van der Waals surface area contributed by atoms with Crippen molar-refractivity contribution in [1.29, 1.82) is 0 Å². The fraction of sp³-hybridized carbons (Fsp3) is 0.548. The van der Waals surface area contributed by atoms with E-state index in [1.807, 2.05) is 6.07 Å². The van der Waals surface area contributed by atoms with Crippen molar-refractivity contribution in [1.82, 2.24) is 14.8 Å². The number of H-pyrrole nitrogens is 1. The SMILES string of the molecule is CCc1c(-c2ccc(OC)c(OC)c2)[nH]c2ccc(N3CCN(C4CCN(CC(C)C)CC4)CC3)cc12. The number of ether oxygens (including phenoxy) is 2. The minimum absolute atomic E-state index is 0.753. The van der Waals surface area contributed by atoms with Gasteiger partial charge in [-0.15, -0.1) is 0 Å². The van der Waals surface area contributed by atoms with Crippen LogP contribution in [0.3, 0.4) is 0 Å². The molecule has 0 spiro atoms. The second-order valence-corrected chi connectivity index (χ2v) is 11.1. The molecule has 0 amide bonds. The fourth-order valence-corrected chi connectivity index (χ4v) is 6.37. The lowest BCUT2D eigenvalue weighted by atomic mass is 10.0. The standard InChI is InChI=1S/C31H44N4O2/c1-6-26-27-20-25(8-9-28(27)32-31(26)23-7-10-29(36-4)30(19-23)37-5)35-17-15-34(16-18-35)24-11-13-33(14-12-24)21-22(2)3/h7-10,19-20,22,24,32H,6,11-18,21H2,1-5H3. The van der Waals surface area contributed by atoms with E-state index in [1.54, 1.807) is 14.2 Å². The zero-order chi connectivity index (χ0) is 25.9. The van der Waals surface area contributed by atoms with Crippen molar-refractivity contribution in [3.63, 3.8) is 0 Å². The molecule has 2 aromatic carbocycles. The van der Waals surface area contributed by atoms with Crippen LogP contribution in [-0.2, 0) is 6.42 Å². The molecule has 3 aromatic rings. The minimum Gasteiger partial charge on any atom is -0.493 e. The van der Waals surface area contributed by atoms with E-state index in [1.165, 1.54) is 60.3 Å². The number of aromatic nitrogens is 1. The maximum absolute atomic E-state index is 5.57. The van der Waals surface area contributed by atoms with E-state index in [0.29, 0.717) is 0 Å². The lowest BCUT2D eigenvalue weighted by molar-refractivity contribution is 0.0974. The number of piperazine rings is 1. The first-order valence-corrected chi connectivity index (χ1v) is 14.1. The number of likely N-dealkylation sites (tertiary alicyclic amines) is 1. The predicted octanol–water partition coefficient (Wildman–Crippen LogP) is 5.66. The monoisotopic (exact) mass is 504 g/mol. The van der Waals surface area contributed by atoms with Crippen molar-refractivity contribution in [3.05, 3.63) is 42.0 Å². The molecule has 3 heterocycles. The molecule has 1 aromatic heterocycles. The molecule has 2 saturated heterocycles. The Morgan fingerprint density at radius 3 is 2.27 bits per heavy atom. The number of aromatic amines is 1. The molecule has 0 radical (unpaired) electrons. The largest absolute Gasteiger partial charge is 0.493 e. The Bertz CT molecular complexity index is 1190. The molecule has 0 saturated carbocycles. The number of piperidine rings is 1. The van der Waals surface area contributed by atoms with E-state index < -0.39 is 0 Å². The summed E-state index contributed by atoms with van der Waals surface area (Å²) in [7, 11) is 3.37. The summed E-state index contributed by atoms with van der Waals surface area (Å²) in [6.45, 7) is 15.2. The molecular weight excluding hydrogens is 460 g/mol. The number of hydrogen-bond acceptors (Lipinski definition) is 5. The van der Waals surface area contributed by atoms with Gasteiger partial charge in [0, 0.05) is 66.6 Å². The number of nitrogens with zero attached hydrogens (tertiary/aromatic N) is 3. The Hall–Kier alpha value is -2.70. The molecule has 6 heteroatoms. The zero-order valence-electron chi connectivity index (χ0n) is 23.3. The number of benzene rings is 2. The van der Waals surface area contributed by atoms with E-state index in [2.05, 4.69) is 70.8 Å². The number of anilines is 1. The van der Waals surface area contributed by atoms with Crippen LogP contribution in [0, 0.1) is 5.92 Å². The third kappa shape index (κ3) is 5.46. The number of aryl methyl sites for hydroxylation is 1. The number of rotatable bonds is 8. The zero-order valence-corrected chi connectivity index (χ0v) is 23.3. The van der Waals surface area contributed by atoms with Gasteiger partial charge in [0.25, 0.3) is 0 Å². The van der Waals surface area contributed by atoms with Crippen LogP contribution in [0.2, 0.25) is 0 Å². The van der Waals surface area contributed by atoms with Crippen molar-refractivity contribution in [3.8, 4) is 22.8 Å². The Kier molecular flexibility index (Phi) is 7.96. The van der Waals surface area contributed by atoms with Crippen LogP contribution in [0.1, 0.15) is 39.2 Å². The number of hydrogen-bond donors (Lipinski definition) is 1. The molecule has 2 aliphatic heterocycles. The Morgan fingerprint density at radius 1 is 0.892 bits per heavy atom. The summed E-state index contributed by atoms with van der Waals surface area (Å²) in [6, 6.07) is 13.9. The van der Waals surface area contributed by atoms with Crippen LogP contribution in [0.5, 0.6) is 11.5 Å². The summed E-state index contributed by atoms with van der Waals surface area (Å²) in [5.74, 6) is 2.27. The number of nitrogens with one attached hydrogen (secondary N) is 1. The molecule has 0 atom stereocenters. The average molecular weight is 505 g/mol. The maximum atomic E-state index is 5.57. The van der Waals surface area contributed by atoms with Crippen molar-refractivity contribution in [2.75, 3.05) is 64.9 Å². The molecule has 2 aliphatic rings. The van der Waals surface area contributed by atoms with E-state index >= 15 is 0 Å². The minimum atomic E-state index is 0.753. The smallest absolute Gasteiger partial charge is 0.161 e. The first-order chi connectivity index (χ1) is 18.0. The molecule has 6 nitrogen and oxygen atoms in total. The molecule has 0 unspecified atom stereocenters. The van der Waals surface area contributed by atoms with Crippen LogP contribution in [0.15, 0.2) is 36.4 Å². The number of methoxy groups -OCH3 is 2. The summed E-state index contributed by atoms with van der Waals surface area (Å²) in [5, 5.41) is 1.32. The summed E-state index contributed by atoms with van der Waals surface area (Å²) in [5.41, 5.74) is 6.18. The van der Waals surface area contributed by atoms with Gasteiger partial charge in [0.05, 0.1) is 14.2 Å². The van der Waals surface area contributed by atoms with Gasteiger partial charge in [0.15, 0.2) is 11.5 Å². The van der Waals surface area contributed by atoms with Gasteiger partial charge in [-0.05, 0) is 80.2 Å². The number of fused-ring (bicyclic) bond motifs is 1. The van der Waals surface area contributed by atoms with Gasteiger partial charge in [0.1, 0.15) is 0 Å². The maximum Gasteiger partial charge on any atom is 0.161 e. The molecule has 5 rings (SSSR count). The van der Waals surface area contributed by atoms with Gasteiger partial charge in [-0.2, -0.15) is 0 Å². The molecular formula is C31H44N4O2. The van der Waals surface area contributed by atoms with Gasteiger partial charge in [-0.25, -0.2) is 0 Å². The first kappa shape index (κ1) is 25.9. The molecule has 0 bridgehead atoms. The predicted molar refractivity (Wildman–Crippen MR) is 154 cm³/mol. The van der Waals surface area contributed by atoms with E-state index in [4.69, 9.17) is 9.47 Å². The van der Waals surface area contributed by atoms with Crippen molar-refractivity contribution < 1.29 is 9.47 Å². The highest BCUT2D eigenvalue weighted by Gasteiger charge is 2.28. The molecule has 1 N–H and O–H groups in total. The van der Waals surface area contributed by atoms with Gasteiger partial charge in [0.2, 0.25) is 0 Å². The lowest BCUT2D eigenvalue weighted by Crippen LogP contribution is -2.53. The Balaban J connectivity index is 1.29. The summed E-state index contributed by atoms with van der Waals surface area (Å²) >= 11 is 0. The summed E-state index contributed by atoms with van der Waals surface area (Å²) in [4.78, 5) is 11.7. The molecule has 37 heavy (non-hydrogen) atoms. The van der Waals surface area contributed by atoms with Crippen LogP contribution in [0.25, 0.3) is 22.2 Å². The summed E-state index contributed by atoms with van der Waals surface area (Å²) in [6.07, 6.45) is 3.61. The van der Waals surface area contributed by atoms with Crippen LogP contribution >= 0.6 is 0 Å². The normalized spacial score (nSPS) is 18.2. The third-order valence-corrected chi connectivity index (χ3v) is 8.29. The summed E-state index contributed by atoms with van der Waals surface area (Å²) < 4.78 is 11.0. The van der Waals surface area contributed by atoms with Crippen LogP contribution in [-0.4, -0.2) is 80.9 Å². The van der Waals surface area contributed by atoms with E-state index in [0.717, 1.165) is 61.6 Å². The second-order valence-electron chi connectivity index (χ2n) is 11.1. The van der Waals surface area contributed by atoms with E-state index in [-0.39, 0.29) is 0 Å².